The Labute approximate surface area is 123 Å². The van der Waals surface area contributed by atoms with Crippen LogP contribution in [0.25, 0.3) is 0 Å². The number of nitrogens with zero attached hydrogens (tertiary/aromatic N) is 1. The minimum atomic E-state index is -1.01. The van der Waals surface area contributed by atoms with Crippen molar-refractivity contribution < 1.29 is 29.0 Å². The lowest BCUT2D eigenvalue weighted by Crippen LogP contribution is -2.53. The highest BCUT2D eigenvalue weighted by Crippen LogP contribution is 2.20. The molecule has 0 bridgehead atoms. The number of morpholine rings is 1. The number of hydrogen-bond donors (Lipinski definition) is 2. The van der Waals surface area contributed by atoms with Gasteiger partial charge in [0.25, 0.3) is 0 Å². The highest BCUT2D eigenvalue weighted by atomic mass is 16.6. The van der Waals surface area contributed by atoms with Crippen LogP contribution in [0.4, 0.5) is 4.79 Å². The number of esters is 1. The van der Waals surface area contributed by atoms with E-state index >= 15 is 0 Å². The number of carbonyl (C=O) groups is 3. The molecule has 0 aliphatic carbocycles. The van der Waals surface area contributed by atoms with E-state index in [-0.39, 0.29) is 19.7 Å². The zero-order valence-corrected chi connectivity index (χ0v) is 12.5. The molecule has 0 aromatic carbocycles. The molecule has 2 amide bonds. The Kier molecular flexibility index (Phi) is 5.95. The molecule has 1 aliphatic rings. The van der Waals surface area contributed by atoms with Gasteiger partial charge in [-0.2, -0.15) is 0 Å². The van der Waals surface area contributed by atoms with Crippen LogP contribution in [0.1, 0.15) is 20.3 Å². The van der Waals surface area contributed by atoms with Crippen LogP contribution in [0.15, 0.2) is 0 Å². The topological polar surface area (TPSA) is 105 Å². The normalized spacial score (nSPS) is 21.3. The summed E-state index contributed by atoms with van der Waals surface area (Å²) in [6.45, 7) is 4.02. The van der Waals surface area contributed by atoms with Crippen molar-refractivity contribution in [3.05, 3.63) is 0 Å². The number of nitrogens with one attached hydrogen (secondary N) is 1. The number of carboxylic acids is 1. The molecule has 1 aliphatic heterocycles. The molecule has 1 saturated heterocycles. The van der Waals surface area contributed by atoms with Crippen LogP contribution >= 0.6 is 0 Å². The number of ether oxygens (including phenoxy) is 2. The zero-order chi connectivity index (χ0) is 16.0. The molecule has 2 N–H and O–H groups in total. The van der Waals surface area contributed by atoms with E-state index in [4.69, 9.17) is 9.84 Å². The number of amides is 2. The first-order chi connectivity index (χ1) is 9.84. The van der Waals surface area contributed by atoms with Crippen molar-refractivity contribution in [3.8, 4) is 0 Å². The van der Waals surface area contributed by atoms with Crippen LogP contribution in [0.2, 0.25) is 0 Å². The molecule has 21 heavy (non-hydrogen) atoms. The molecule has 0 aromatic rings. The van der Waals surface area contributed by atoms with Crippen LogP contribution in [0, 0.1) is 5.41 Å². The van der Waals surface area contributed by atoms with Gasteiger partial charge in [0.2, 0.25) is 0 Å². The summed E-state index contributed by atoms with van der Waals surface area (Å²) in [7, 11) is 1.25. The molecule has 0 aromatic heterocycles. The van der Waals surface area contributed by atoms with Crippen molar-refractivity contribution in [3.63, 3.8) is 0 Å². The van der Waals surface area contributed by atoms with Gasteiger partial charge in [0, 0.05) is 13.1 Å². The van der Waals surface area contributed by atoms with E-state index in [1.54, 1.807) is 13.8 Å². The number of hydrogen-bond acceptors (Lipinski definition) is 5. The highest BCUT2D eigenvalue weighted by molar-refractivity contribution is 5.79. The van der Waals surface area contributed by atoms with Gasteiger partial charge in [-0.1, -0.05) is 6.92 Å². The first-order valence-electron chi connectivity index (χ1n) is 6.79. The van der Waals surface area contributed by atoms with Gasteiger partial charge in [-0.05, 0) is 13.3 Å². The average molecular weight is 302 g/mol. The second-order valence-electron chi connectivity index (χ2n) is 5.21. The van der Waals surface area contributed by atoms with Crippen LogP contribution in [0.5, 0.6) is 0 Å². The Hall–Kier alpha value is -1.83. The van der Waals surface area contributed by atoms with Crippen LogP contribution in [-0.4, -0.2) is 67.4 Å². The van der Waals surface area contributed by atoms with Gasteiger partial charge in [-0.25, -0.2) is 9.59 Å². The number of carboxylic acid groups (broad SMARTS) is 1. The third kappa shape index (κ3) is 4.32. The van der Waals surface area contributed by atoms with Gasteiger partial charge in [0.05, 0.1) is 25.7 Å². The Morgan fingerprint density at radius 3 is 2.67 bits per heavy atom. The van der Waals surface area contributed by atoms with E-state index < -0.39 is 29.5 Å². The zero-order valence-electron chi connectivity index (χ0n) is 12.5. The van der Waals surface area contributed by atoms with Gasteiger partial charge in [0.15, 0.2) is 6.10 Å². The molecule has 2 atom stereocenters. The van der Waals surface area contributed by atoms with E-state index in [1.807, 2.05) is 0 Å². The van der Waals surface area contributed by atoms with Crippen molar-refractivity contribution in [2.45, 2.75) is 26.4 Å². The standard InChI is InChI=1S/C13H22N2O6/c1-4-13(2,11(17)18)8-14-12(19)15-5-6-21-9(7-15)10(16)20-3/h9H,4-8H2,1-3H3,(H,14,19)(H,17,18). The summed E-state index contributed by atoms with van der Waals surface area (Å²) in [4.78, 5) is 36.1. The lowest BCUT2D eigenvalue weighted by Gasteiger charge is -2.32. The second-order valence-corrected chi connectivity index (χ2v) is 5.21. The second kappa shape index (κ2) is 7.26. The molecule has 2 unspecified atom stereocenters. The molecule has 120 valence electrons. The summed E-state index contributed by atoms with van der Waals surface area (Å²) in [5.41, 5.74) is -1.01. The number of urea groups is 1. The average Bonchev–Trinajstić information content (AvgIpc) is 2.51. The number of rotatable bonds is 5. The monoisotopic (exact) mass is 302 g/mol. The van der Waals surface area contributed by atoms with Gasteiger partial charge >= 0.3 is 18.0 Å². The smallest absolute Gasteiger partial charge is 0.336 e. The first kappa shape index (κ1) is 17.2. The third-order valence-corrected chi connectivity index (χ3v) is 3.74. The Morgan fingerprint density at radius 1 is 1.48 bits per heavy atom. The summed E-state index contributed by atoms with van der Waals surface area (Å²) >= 11 is 0. The molecule has 0 radical (unpaired) electrons. The Bertz CT molecular complexity index is 413. The molecule has 8 heteroatoms. The number of methoxy groups -OCH3 is 1. The van der Waals surface area contributed by atoms with Gasteiger partial charge < -0.3 is 24.8 Å². The third-order valence-electron chi connectivity index (χ3n) is 3.74. The molecular weight excluding hydrogens is 280 g/mol. The predicted octanol–water partition coefficient (Wildman–Crippen LogP) is 0.0707. The Balaban J connectivity index is 2.55. The molecule has 1 heterocycles. The summed E-state index contributed by atoms with van der Waals surface area (Å²) in [5.74, 6) is -1.49. The summed E-state index contributed by atoms with van der Waals surface area (Å²) in [6, 6.07) is -0.409. The van der Waals surface area contributed by atoms with E-state index in [9.17, 15) is 14.4 Å². The summed E-state index contributed by atoms with van der Waals surface area (Å²) in [5, 5.41) is 11.8. The van der Waals surface area contributed by atoms with Crippen molar-refractivity contribution >= 4 is 18.0 Å². The highest BCUT2D eigenvalue weighted by Gasteiger charge is 2.34. The molecule has 0 saturated carbocycles. The molecule has 1 fully saturated rings. The SMILES string of the molecule is CCC(C)(CNC(=O)N1CCOC(C(=O)OC)C1)C(=O)O. The van der Waals surface area contributed by atoms with E-state index in [2.05, 4.69) is 10.1 Å². The van der Waals surface area contributed by atoms with Crippen molar-refractivity contribution in [1.29, 1.82) is 0 Å². The number of aliphatic carboxylic acids is 1. The van der Waals surface area contributed by atoms with Crippen LogP contribution in [0.3, 0.4) is 0 Å². The van der Waals surface area contributed by atoms with Crippen LogP contribution in [-0.2, 0) is 19.1 Å². The maximum absolute atomic E-state index is 12.1. The molecule has 8 nitrogen and oxygen atoms in total. The lowest BCUT2D eigenvalue weighted by atomic mass is 9.88. The molecule has 1 rings (SSSR count). The maximum atomic E-state index is 12.1. The van der Waals surface area contributed by atoms with E-state index in [1.165, 1.54) is 12.0 Å². The molecule has 0 spiro atoms. The quantitative estimate of drug-likeness (QED) is 0.696. The fourth-order valence-corrected chi connectivity index (χ4v) is 1.84. The first-order valence-corrected chi connectivity index (χ1v) is 6.79. The van der Waals surface area contributed by atoms with Crippen molar-refractivity contribution in [2.75, 3.05) is 33.4 Å². The van der Waals surface area contributed by atoms with E-state index in [0.717, 1.165) is 0 Å². The fourth-order valence-electron chi connectivity index (χ4n) is 1.84. The minimum Gasteiger partial charge on any atom is -0.481 e. The minimum absolute atomic E-state index is 0.0257. The fraction of sp³-hybridized carbons (Fsp3) is 0.769. The maximum Gasteiger partial charge on any atom is 0.336 e. The van der Waals surface area contributed by atoms with Gasteiger partial charge in [0.1, 0.15) is 0 Å². The summed E-state index contributed by atoms with van der Waals surface area (Å²) < 4.78 is 9.81. The molecular formula is C13H22N2O6. The lowest BCUT2D eigenvalue weighted by molar-refractivity contribution is -0.158. The van der Waals surface area contributed by atoms with Gasteiger partial charge in [-0.3, -0.25) is 4.79 Å². The largest absolute Gasteiger partial charge is 0.481 e. The predicted molar refractivity (Wildman–Crippen MR) is 72.8 cm³/mol. The Morgan fingerprint density at radius 2 is 2.14 bits per heavy atom. The summed E-state index contributed by atoms with van der Waals surface area (Å²) in [6.07, 6.45) is -0.400. The van der Waals surface area contributed by atoms with Crippen molar-refractivity contribution in [1.82, 2.24) is 10.2 Å². The van der Waals surface area contributed by atoms with Gasteiger partial charge in [-0.15, -0.1) is 0 Å². The van der Waals surface area contributed by atoms with E-state index in [0.29, 0.717) is 13.0 Å². The van der Waals surface area contributed by atoms with Crippen LogP contribution < -0.4 is 5.32 Å². The number of carbonyl (C=O) groups excluding carboxylic acids is 2. The van der Waals surface area contributed by atoms with Crippen molar-refractivity contribution in [2.24, 2.45) is 5.41 Å².